The van der Waals surface area contributed by atoms with Crippen molar-refractivity contribution in [3.05, 3.63) is 11.9 Å². The van der Waals surface area contributed by atoms with E-state index in [1.165, 1.54) is 19.3 Å². The molecule has 0 aliphatic heterocycles. The van der Waals surface area contributed by atoms with Crippen LogP contribution in [-0.4, -0.2) is 16.0 Å². The van der Waals surface area contributed by atoms with Gasteiger partial charge in [-0.25, -0.2) is 9.97 Å². The van der Waals surface area contributed by atoms with Gasteiger partial charge in [0.25, 0.3) is 0 Å². The zero-order valence-corrected chi connectivity index (χ0v) is 11.5. The maximum atomic E-state index is 6.00. The van der Waals surface area contributed by atoms with Crippen LogP contribution in [0.1, 0.15) is 38.2 Å². The highest BCUT2D eigenvalue weighted by atomic mass is 15.1. The van der Waals surface area contributed by atoms with E-state index in [0.717, 1.165) is 47.9 Å². The number of rotatable bonds is 4. The molecule has 3 aliphatic rings. The fourth-order valence-corrected chi connectivity index (χ4v) is 4.72. The van der Waals surface area contributed by atoms with E-state index in [1.54, 1.807) is 6.33 Å². The molecule has 0 spiro atoms. The summed E-state index contributed by atoms with van der Waals surface area (Å²) >= 11 is 0. The van der Waals surface area contributed by atoms with Crippen molar-refractivity contribution in [1.29, 1.82) is 0 Å². The van der Waals surface area contributed by atoms with Gasteiger partial charge in [-0.3, -0.25) is 0 Å². The molecule has 1 aromatic heterocycles. The van der Waals surface area contributed by atoms with Crippen molar-refractivity contribution in [2.24, 2.45) is 23.7 Å². The topological polar surface area (TPSA) is 63.8 Å². The number of hydrogen-bond acceptors (Lipinski definition) is 4. The summed E-state index contributed by atoms with van der Waals surface area (Å²) in [6.07, 6.45) is 8.03. The minimum atomic E-state index is 0.646. The molecule has 4 heteroatoms. The number of nitrogens with zero attached hydrogens (tertiary/aromatic N) is 2. The average molecular weight is 258 g/mol. The van der Waals surface area contributed by atoms with Gasteiger partial charge in [0, 0.05) is 11.6 Å². The molecule has 3 saturated carbocycles. The van der Waals surface area contributed by atoms with Crippen molar-refractivity contribution in [2.75, 3.05) is 11.1 Å². The third-order valence-electron chi connectivity index (χ3n) is 5.52. The number of aromatic nitrogens is 2. The van der Waals surface area contributed by atoms with Crippen molar-refractivity contribution >= 4 is 11.6 Å². The highest BCUT2D eigenvalue weighted by molar-refractivity contribution is 5.56. The molecule has 102 valence electrons. The summed E-state index contributed by atoms with van der Waals surface area (Å²) in [4.78, 5) is 8.56. The first kappa shape index (κ1) is 11.5. The molecule has 4 rings (SSSR count). The van der Waals surface area contributed by atoms with Crippen molar-refractivity contribution in [1.82, 2.24) is 9.97 Å². The first-order valence-electron chi connectivity index (χ1n) is 7.65. The zero-order chi connectivity index (χ0) is 13.0. The number of anilines is 2. The molecule has 0 aromatic carbocycles. The summed E-state index contributed by atoms with van der Waals surface area (Å²) in [5, 5.41) is 3.68. The van der Waals surface area contributed by atoms with Crippen molar-refractivity contribution < 1.29 is 0 Å². The molecule has 1 heterocycles. The van der Waals surface area contributed by atoms with Gasteiger partial charge in [0.15, 0.2) is 0 Å². The third kappa shape index (κ3) is 1.65. The van der Waals surface area contributed by atoms with Gasteiger partial charge in [0.05, 0.1) is 0 Å². The molecule has 0 radical (unpaired) electrons. The molecular weight excluding hydrogens is 236 g/mol. The van der Waals surface area contributed by atoms with Crippen LogP contribution in [0.3, 0.4) is 0 Å². The number of fused-ring (bicyclic) bond motifs is 5. The molecule has 2 bridgehead atoms. The summed E-state index contributed by atoms with van der Waals surface area (Å²) in [6.45, 7) is 2.17. The fraction of sp³-hybridized carbons (Fsp3) is 0.733. The second-order valence-corrected chi connectivity index (χ2v) is 6.49. The molecule has 1 aromatic rings. The van der Waals surface area contributed by atoms with Crippen LogP contribution in [0, 0.1) is 23.7 Å². The van der Waals surface area contributed by atoms with Crippen LogP contribution in [0.15, 0.2) is 6.33 Å². The van der Waals surface area contributed by atoms with Gasteiger partial charge in [-0.05, 0) is 49.4 Å². The van der Waals surface area contributed by atoms with Gasteiger partial charge in [-0.2, -0.15) is 0 Å². The van der Waals surface area contributed by atoms with Crippen LogP contribution < -0.4 is 11.1 Å². The smallest absolute Gasteiger partial charge is 0.134 e. The van der Waals surface area contributed by atoms with Crippen molar-refractivity contribution in [3.63, 3.8) is 0 Å². The zero-order valence-electron chi connectivity index (χ0n) is 11.5. The van der Waals surface area contributed by atoms with Crippen molar-refractivity contribution in [3.8, 4) is 0 Å². The minimum Gasteiger partial charge on any atom is -0.383 e. The summed E-state index contributed by atoms with van der Waals surface area (Å²) in [7, 11) is 0. The molecular formula is C15H22N4. The van der Waals surface area contributed by atoms with Crippen LogP contribution >= 0.6 is 0 Å². The van der Waals surface area contributed by atoms with Crippen LogP contribution in [-0.2, 0) is 6.42 Å². The monoisotopic (exact) mass is 258 g/mol. The summed E-state index contributed by atoms with van der Waals surface area (Å²) < 4.78 is 0. The standard InChI is InChI=1S/C15H22N4/c1-2-3-10-14(16)17-7-18-15(10)19-13-11-8-4-5-9(6-8)12(11)13/h7-9,11-13H,2-6H2,1H3,(H3,16,17,18,19). The average Bonchev–Trinajstić information content (AvgIpc) is 2.81. The largest absolute Gasteiger partial charge is 0.383 e. The maximum absolute atomic E-state index is 6.00. The fourth-order valence-electron chi connectivity index (χ4n) is 4.72. The van der Waals surface area contributed by atoms with E-state index >= 15 is 0 Å². The molecule has 4 nitrogen and oxygen atoms in total. The van der Waals surface area contributed by atoms with Gasteiger partial charge >= 0.3 is 0 Å². The summed E-state index contributed by atoms with van der Waals surface area (Å²) in [6, 6.07) is 0.663. The lowest BCUT2D eigenvalue weighted by Crippen LogP contribution is -2.16. The van der Waals surface area contributed by atoms with E-state index < -0.39 is 0 Å². The lowest BCUT2D eigenvalue weighted by atomic mass is 10.0. The van der Waals surface area contributed by atoms with E-state index in [4.69, 9.17) is 5.73 Å². The van der Waals surface area contributed by atoms with E-state index in [9.17, 15) is 0 Å². The van der Waals surface area contributed by atoms with Gasteiger partial charge in [0.2, 0.25) is 0 Å². The Balaban J connectivity index is 1.54. The van der Waals surface area contributed by atoms with E-state index in [2.05, 4.69) is 22.2 Å². The normalized spacial score (nSPS) is 38.3. The van der Waals surface area contributed by atoms with Gasteiger partial charge in [-0.15, -0.1) is 0 Å². The quantitative estimate of drug-likeness (QED) is 0.871. The van der Waals surface area contributed by atoms with Crippen LogP contribution in [0.5, 0.6) is 0 Å². The lowest BCUT2D eigenvalue weighted by molar-refractivity contribution is 0.456. The second kappa shape index (κ2) is 4.09. The third-order valence-corrected chi connectivity index (χ3v) is 5.52. The van der Waals surface area contributed by atoms with E-state index in [1.807, 2.05) is 0 Å². The first-order chi connectivity index (χ1) is 9.29. The molecule has 3 fully saturated rings. The molecule has 3 aliphatic carbocycles. The highest BCUT2D eigenvalue weighted by Crippen LogP contribution is 2.66. The Morgan fingerprint density at radius 3 is 2.68 bits per heavy atom. The number of nitrogen functional groups attached to an aromatic ring is 1. The van der Waals surface area contributed by atoms with Crippen LogP contribution in [0.2, 0.25) is 0 Å². The Hall–Kier alpha value is -1.32. The molecule has 0 saturated heterocycles. The van der Waals surface area contributed by atoms with Gasteiger partial charge < -0.3 is 11.1 Å². The predicted octanol–water partition coefficient (Wildman–Crippen LogP) is 2.47. The highest BCUT2D eigenvalue weighted by Gasteiger charge is 2.65. The number of nitrogens with one attached hydrogen (secondary N) is 1. The van der Waals surface area contributed by atoms with Gasteiger partial charge in [-0.1, -0.05) is 13.3 Å². The Labute approximate surface area is 114 Å². The molecule has 3 N–H and O–H groups in total. The summed E-state index contributed by atoms with van der Waals surface area (Å²) in [5.74, 6) is 5.46. The minimum absolute atomic E-state index is 0.646. The van der Waals surface area contributed by atoms with Crippen molar-refractivity contribution in [2.45, 2.75) is 45.1 Å². The lowest BCUT2D eigenvalue weighted by Gasteiger charge is -2.14. The van der Waals surface area contributed by atoms with Crippen LogP contribution in [0.25, 0.3) is 0 Å². The Kier molecular flexibility index (Phi) is 2.47. The van der Waals surface area contributed by atoms with E-state index in [-0.39, 0.29) is 0 Å². The maximum Gasteiger partial charge on any atom is 0.134 e. The molecule has 4 unspecified atom stereocenters. The number of nitrogens with two attached hydrogens (primary N) is 1. The SMILES string of the molecule is CCCc1c(N)ncnc1NC1C2C3CCC(C3)C12. The Bertz CT molecular complexity index is 485. The van der Waals surface area contributed by atoms with Crippen LogP contribution in [0.4, 0.5) is 11.6 Å². The van der Waals surface area contributed by atoms with Gasteiger partial charge in [0.1, 0.15) is 18.0 Å². The Morgan fingerprint density at radius 1 is 1.26 bits per heavy atom. The number of hydrogen-bond donors (Lipinski definition) is 2. The summed E-state index contributed by atoms with van der Waals surface area (Å²) in [5.41, 5.74) is 7.11. The molecule has 0 amide bonds. The molecule has 4 atom stereocenters. The first-order valence-corrected chi connectivity index (χ1v) is 7.65. The molecule has 19 heavy (non-hydrogen) atoms. The van der Waals surface area contributed by atoms with E-state index in [0.29, 0.717) is 11.9 Å². The Morgan fingerprint density at radius 2 is 2.00 bits per heavy atom. The second-order valence-electron chi connectivity index (χ2n) is 6.49. The predicted molar refractivity (Wildman–Crippen MR) is 75.7 cm³/mol.